The van der Waals surface area contributed by atoms with Gasteiger partial charge in [0.2, 0.25) is 0 Å². The number of aryl methyl sites for hydroxylation is 1. The van der Waals surface area contributed by atoms with Crippen LogP contribution in [0.1, 0.15) is 48.5 Å². The monoisotopic (exact) mass is 290 g/mol. The molecule has 0 aromatic heterocycles. The molecule has 21 heavy (non-hydrogen) atoms. The van der Waals surface area contributed by atoms with Gasteiger partial charge in [0.25, 0.3) is 0 Å². The van der Waals surface area contributed by atoms with Crippen molar-refractivity contribution in [2.45, 2.75) is 45.6 Å². The number of nitrogens with zero attached hydrogens (tertiary/aromatic N) is 1. The van der Waals surface area contributed by atoms with E-state index in [4.69, 9.17) is 5.11 Å². The van der Waals surface area contributed by atoms with E-state index in [0.717, 1.165) is 36.8 Å². The third-order valence-corrected chi connectivity index (χ3v) is 4.35. The lowest BCUT2D eigenvalue weighted by molar-refractivity contribution is 0.0697. The number of carbonyl (C=O) groups is 1. The molecular formula is C17H26N2O2. The standard InChI is InChI=1S/C17H26N2O2/c1-13-12-15(17(20)21)7-8-16(13)18-9-5-11-19-10-4-3-6-14(19)2/h7-8,12,14,18H,3-6,9-11H2,1-2H3,(H,20,21). The first-order chi connectivity index (χ1) is 10.1. The fraction of sp³-hybridized carbons (Fsp3) is 0.588. The van der Waals surface area contributed by atoms with Crippen molar-refractivity contribution in [1.29, 1.82) is 0 Å². The quantitative estimate of drug-likeness (QED) is 0.789. The van der Waals surface area contributed by atoms with E-state index in [-0.39, 0.29) is 0 Å². The van der Waals surface area contributed by atoms with Gasteiger partial charge in [-0.1, -0.05) is 6.42 Å². The van der Waals surface area contributed by atoms with E-state index in [1.807, 2.05) is 13.0 Å². The number of rotatable bonds is 6. The molecule has 0 aliphatic carbocycles. The smallest absolute Gasteiger partial charge is 0.335 e. The first-order valence-corrected chi connectivity index (χ1v) is 7.90. The summed E-state index contributed by atoms with van der Waals surface area (Å²) in [4.78, 5) is 13.5. The summed E-state index contributed by atoms with van der Waals surface area (Å²) >= 11 is 0. The normalized spacial score (nSPS) is 19.4. The predicted molar refractivity (Wildman–Crippen MR) is 86.1 cm³/mol. The Morgan fingerprint density at radius 1 is 1.43 bits per heavy atom. The maximum atomic E-state index is 10.9. The maximum absolute atomic E-state index is 10.9. The van der Waals surface area contributed by atoms with Crippen LogP contribution in [0.15, 0.2) is 18.2 Å². The van der Waals surface area contributed by atoms with Gasteiger partial charge in [0.05, 0.1) is 5.56 Å². The number of hydrogen-bond acceptors (Lipinski definition) is 3. The highest BCUT2D eigenvalue weighted by Crippen LogP contribution is 2.18. The summed E-state index contributed by atoms with van der Waals surface area (Å²) in [6, 6.07) is 5.96. The number of likely N-dealkylation sites (tertiary alicyclic amines) is 1. The van der Waals surface area contributed by atoms with E-state index >= 15 is 0 Å². The van der Waals surface area contributed by atoms with Gasteiger partial charge in [-0.05, 0) is 63.4 Å². The van der Waals surface area contributed by atoms with Gasteiger partial charge in [0.1, 0.15) is 0 Å². The second kappa shape index (κ2) is 7.46. The third-order valence-electron chi connectivity index (χ3n) is 4.35. The van der Waals surface area contributed by atoms with Gasteiger partial charge in [-0.2, -0.15) is 0 Å². The molecular weight excluding hydrogens is 264 g/mol. The highest BCUT2D eigenvalue weighted by molar-refractivity contribution is 5.88. The fourth-order valence-corrected chi connectivity index (χ4v) is 2.99. The van der Waals surface area contributed by atoms with Crippen LogP contribution in [0.3, 0.4) is 0 Å². The Morgan fingerprint density at radius 3 is 2.90 bits per heavy atom. The van der Waals surface area contributed by atoms with Gasteiger partial charge < -0.3 is 15.3 Å². The van der Waals surface area contributed by atoms with Gasteiger partial charge in [-0.15, -0.1) is 0 Å². The average Bonchev–Trinajstić information content (AvgIpc) is 2.46. The van der Waals surface area contributed by atoms with Gasteiger partial charge in [-0.3, -0.25) is 0 Å². The van der Waals surface area contributed by atoms with Crippen LogP contribution >= 0.6 is 0 Å². The molecule has 4 nitrogen and oxygen atoms in total. The van der Waals surface area contributed by atoms with Crippen molar-refractivity contribution in [2.75, 3.05) is 25.0 Å². The van der Waals surface area contributed by atoms with Crippen LogP contribution in [0.25, 0.3) is 0 Å². The number of aromatic carboxylic acids is 1. The van der Waals surface area contributed by atoms with Crippen LogP contribution in [0.5, 0.6) is 0 Å². The molecule has 2 rings (SSSR count). The molecule has 0 saturated carbocycles. The Hall–Kier alpha value is -1.55. The maximum Gasteiger partial charge on any atom is 0.335 e. The first-order valence-electron chi connectivity index (χ1n) is 7.90. The van der Waals surface area contributed by atoms with Crippen molar-refractivity contribution in [2.24, 2.45) is 0 Å². The van der Waals surface area contributed by atoms with Gasteiger partial charge in [0, 0.05) is 24.8 Å². The molecule has 1 aromatic carbocycles. The molecule has 4 heteroatoms. The number of carboxylic acids is 1. The van der Waals surface area contributed by atoms with Gasteiger partial charge in [0.15, 0.2) is 0 Å². The first kappa shape index (κ1) is 15.8. The average molecular weight is 290 g/mol. The van der Waals surface area contributed by atoms with E-state index < -0.39 is 5.97 Å². The second-order valence-electron chi connectivity index (χ2n) is 6.00. The summed E-state index contributed by atoms with van der Waals surface area (Å²) < 4.78 is 0. The lowest BCUT2D eigenvalue weighted by Crippen LogP contribution is -2.38. The molecule has 2 N–H and O–H groups in total. The molecule has 1 unspecified atom stereocenters. The zero-order valence-corrected chi connectivity index (χ0v) is 13.1. The van der Waals surface area contributed by atoms with E-state index in [0.29, 0.717) is 5.56 Å². The molecule has 0 bridgehead atoms. The van der Waals surface area contributed by atoms with Crippen molar-refractivity contribution >= 4 is 11.7 Å². The van der Waals surface area contributed by atoms with Crippen LogP contribution < -0.4 is 5.32 Å². The molecule has 1 saturated heterocycles. The fourth-order valence-electron chi connectivity index (χ4n) is 2.99. The molecule has 1 aromatic rings. The molecule has 1 heterocycles. The Kier molecular flexibility index (Phi) is 5.62. The Morgan fingerprint density at radius 2 is 2.24 bits per heavy atom. The molecule has 1 fully saturated rings. The van der Waals surface area contributed by atoms with Crippen molar-refractivity contribution in [3.63, 3.8) is 0 Å². The second-order valence-corrected chi connectivity index (χ2v) is 6.00. The van der Waals surface area contributed by atoms with Gasteiger partial charge in [-0.25, -0.2) is 4.79 Å². The number of hydrogen-bond donors (Lipinski definition) is 2. The number of carboxylic acid groups (broad SMARTS) is 1. The van der Waals surface area contributed by atoms with Crippen molar-refractivity contribution < 1.29 is 9.90 Å². The topological polar surface area (TPSA) is 52.6 Å². The minimum absolute atomic E-state index is 0.347. The molecule has 1 aliphatic rings. The summed E-state index contributed by atoms with van der Waals surface area (Å²) in [6.07, 6.45) is 5.13. The predicted octanol–water partition coefficient (Wildman–Crippen LogP) is 3.37. The van der Waals surface area contributed by atoms with Crippen LogP contribution in [-0.4, -0.2) is 41.7 Å². The van der Waals surface area contributed by atoms with Crippen molar-refractivity contribution in [1.82, 2.24) is 4.90 Å². The highest BCUT2D eigenvalue weighted by atomic mass is 16.4. The van der Waals surface area contributed by atoms with Crippen molar-refractivity contribution in [3.05, 3.63) is 29.3 Å². The summed E-state index contributed by atoms with van der Waals surface area (Å²) in [5.74, 6) is -0.872. The number of piperidine rings is 1. The highest BCUT2D eigenvalue weighted by Gasteiger charge is 2.17. The van der Waals surface area contributed by atoms with Crippen LogP contribution in [0.2, 0.25) is 0 Å². The molecule has 1 atom stereocenters. The summed E-state index contributed by atoms with van der Waals surface area (Å²) in [5.41, 5.74) is 2.37. The molecule has 116 valence electrons. The van der Waals surface area contributed by atoms with E-state index in [1.54, 1.807) is 12.1 Å². The lowest BCUT2D eigenvalue weighted by atomic mass is 10.0. The molecule has 0 amide bonds. The zero-order valence-electron chi connectivity index (χ0n) is 13.1. The number of nitrogens with one attached hydrogen (secondary N) is 1. The Labute approximate surface area is 127 Å². The number of benzene rings is 1. The van der Waals surface area contributed by atoms with Crippen molar-refractivity contribution in [3.8, 4) is 0 Å². The molecule has 0 radical (unpaired) electrons. The minimum Gasteiger partial charge on any atom is -0.478 e. The lowest BCUT2D eigenvalue weighted by Gasteiger charge is -2.33. The van der Waals surface area contributed by atoms with Crippen LogP contribution in [0, 0.1) is 6.92 Å². The van der Waals surface area contributed by atoms with Crippen LogP contribution in [0.4, 0.5) is 5.69 Å². The summed E-state index contributed by atoms with van der Waals surface area (Å²) in [7, 11) is 0. The SMILES string of the molecule is Cc1cc(C(=O)O)ccc1NCCCN1CCCCC1C. The van der Waals surface area contributed by atoms with E-state index in [2.05, 4.69) is 17.1 Å². The van der Waals surface area contributed by atoms with Gasteiger partial charge >= 0.3 is 5.97 Å². The molecule has 0 spiro atoms. The van der Waals surface area contributed by atoms with E-state index in [9.17, 15) is 4.79 Å². The largest absolute Gasteiger partial charge is 0.478 e. The van der Waals surface area contributed by atoms with E-state index in [1.165, 1.54) is 25.8 Å². The third kappa shape index (κ3) is 4.46. The molecule has 1 aliphatic heterocycles. The summed E-state index contributed by atoms with van der Waals surface area (Å²) in [6.45, 7) is 7.56. The number of anilines is 1. The Balaban J connectivity index is 1.77. The Bertz CT molecular complexity index is 488. The zero-order chi connectivity index (χ0) is 15.2. The minimum atomic E-state index is -0.872. The van der Waals surface area contributed by atoms with Crippen LogP contribution in [-0.2, 0) is 0 Å². The summed E-state index contributed by atoms with van der Waals surface area (Å²) in [5, 5.41) is 12.4.